The van der Waals surface area contributed by atoms with Crippen molar-refractivity contribution in [2.24, 2.45) is 17.3 Å². The van der Waals surface area contributed by atoms with E-state index in [9.17, 15) is 0 Å². The normalized spacial score (nSPS) is 26.6. The summed E-state index contributed by atoms with van der Waals surface area (Å²) in [5.41, 5.74) is 0.389. The maximum absolute atomic E-state index is 6.54. The van der Waals surface area contributed by atoms with E-state index >= 15 is 0 Å². The van der Waals surface area contributed by atoms with Crippen LogP contribution in [0.5, 0.6) is 5.75 Å². The first-order chi connectivity index (χ1) is 9.86. The van der Waals surface area contributed by atoms with Crippen molar-refractivity contribution >= 4 is 27.5 Å². The van der Waals surface area contributed by atoms with Crippen LogP contribution in [0.4, 0.5) is 0 Å². The molecule has 3 unspecified atom stereocenters. The van der Waals surface area contributed by atoms with Crippen LogP contribution in [0.1, 0.15) is 46.5 Å². The Bertz CT molecular complexity index is 455. The van der Waals surface area contributed by atoms with E-state index in [4.69, 9.17) is 16.3 Å². The van der Waals surface area contributed by atoms with Crippen LogP contribution < -0.4 is 4.74 Å². The SMILES string of the molecule is CC(C)(C)C1CCC(Cl)C(CCOc2cccc(Br)c2)C1. The van der Waals surface area contributed by atoms with Crippen molar-refractivity contribution in [3.63, 3.8) is 0 Å². The van der Waals surface area contributed by atoms with Crippen LogP contribution in [0.3, 0.4) is 0 Å². The Morgan fingerprint density at radius 1 is 1.29 bits per heavy atom. The lowest BCUT2D eigenvalue weighted by molar-refractivity contribution is 0.130. The molecule has 1 nitrogen and oxygen atoms in total. The Morgan fingerprint density at radius 3 is 2.71 bits per heavy atom. The monoisotopic (exact) mass is 372 g/mol. The van der Waals surface area contributed by atoms with Crippen molar-refractivity contribution in [3.8, 4) is 5.75 Å². The first-order valence-corrected chi connectivity index (χ1v) is 9.11. The molecule has 0 spiro atoms. The summed E-state index contributed by atoms with van der Waals surface area (Å²) in [6, 6.07) is 8.02. The van der Waals surface area contributed by atoms with Gasteiger partial charge in [-0.05, 0) is 61.1 Å². The molecule has 0 saturated heterocycles. The fourth-order valence-electron chi connectivity index (χ4n) is 3.20. The van der Waals surface area contributed by atoms with Gasteiger partial charge in [-0.15, -0.1) is 11.6 Å². The molecule has 0 bridgehead atoms. The number of rotatable bonds is 4. The summed E-state index contributed by atoms with van der Waals surface area (Å²) in [5, 5.41) is 0.315. The summed E-state index contributed by atoms with van der Waals surface area (Å²) in [7, 11) is 0. The van der Waals surface area contributed by atoms with Gasteiger partial charge in [0.15, 0.2) is 0 Å². The predicted molar refractivity (Wildman–Crippen MR) is 94.2 cm³/mol. The van der Waals surface area contributed by atoms with Gasteiger partial charge in [0.05, 0.1) is 6.61 Å². The van der Waals surface area contributed by atoms with Gasteiger partial charge in [-0.3, -0.25) is 0 Å². The van der Waals surface area contributed by atoms with Gasteiger partial charge >= 0.3 is 0 Å². The molecule has 1 fully saturated rings. The lowest BCUT2D eigenvalue weighted by Crippen LogP contribution is -2.33. The van der Waals surface area contributed by atoms with Crippen molar-refractivity contribution in [3.05, 3.63) is 28.7 Å². The molecule has 0 amide bonds. The molecule has 1 saturated carbocycles. The van der Waals surface area contributed by atoms with Crippen LogP contribution in [0, 0.1) is 17.3 Å². The number of ether oxygens (including phenoxy) is 1. The Balaban J connectivity index is 1.83. The van der Waals surface area contributed by atoms with Crippen LogP contribution in [0.15, 0.2) is 28.7 Å². The third-order valence-corrected chi connectivity index (χ3v) is 5.74. The molecular formula is C18H26BrClO. The van der Waals surface area contributed by atoms with E-state index in [0.29, 0.717) is 16.7 Å². The zero-order valence-corrected chi connectivity index (χ0v) is 15.6. The molecule has 1 aromatic rings. The first kappa shape index (κ1) is 17.1. The van der Waals surface area contributed by atoms with Crippen LogP contribution in [-0.4, -0.2) is 12.0 Å². The van der Waals surface area contributed by atoms with Gasteiger partial charge in [0.25, 0.3) is 0 Å². The van der Waals surface area contributed by atoms with Crippen LogP contribution in [-0.2, 0) is 0 Å². The highest BCUT2D eigenvalue weighted by Gasteiger charge is 2.34. The molecular weight excluding hydrogens is 348 g/mol. The topological polar surface area (TPSA) is 9.23 Å². The van der Waals surface area contributed by atoms with E-state index in [1.54, 1.807) is 0 Å². The second kappa shape index (κ2) is 7.37. The summed E-state index contributed by atoms with van der Waals surface area (Å²) in [4.78, 5) is 0. The lowest BCUT2D eigenvalue weighted by atomic mass is 9.68. The van der Waals surface area contributed by atoms with Gasteiger partial charge in [0.1, 0.15) is 5.75 Å². The van der Waals surface area contributed by atoms with Crippen LogP contribution in [0.25, 0.3) is 0 Å². The van der Waals surface area contributed by atoms with Gasteiger partial charge in [-0.2, -0.15) is 0 Å². The standard InChI is InChI=1S/C18H26BrClO/c1-18(2,3)14-7-8-17(20)13(11-14)9-10-21-16-6-4-5-15(19)12-16/h4-6,12-14,17H,7-11H2,1-3H3. The highest BCUT2D eigenvalue weighted by Crippen LogP contribution is 2.43. The highest BCUT2D eigenvalue weighted by molar-refractivity contribution is 9.10. The Morgan fingerprint density at radius 2 is 2.05 bits per heavy atom. The minimum atomic E-state index is 0.315. The number of halogens is 2. The number of hydrogen-bond acceptors (Lipinski definition) is 1. The average Bonchev–Trinajstić information content (AvgIpc) is 2.39. The molecule has 0 aliphatic heterocycles. The maximum atomic E-state index is 6.54. The molecule has 0 heterocycles. The third-order valence-electron chi connectivity index (χ3n) is 4.67. The molecule has 3 heteroatoms. The zero-order valence-electron chi connectivity index (χ0n) is 13.2. The molecule has 118 valence electrons. The summed E-state index contributed by atoms with van der Waals surface area (Å²) in [6.45, 7) is 7.80. The van der Waals surface area contributed by atoms with E-state index < -0.39 is 0 Å². The largest absolute Gasteiger partial charge is 0.494 e. The van der Waals surface area contributed by atoms with E-state index in [1.165, 1.54) is 12.8 Å². The van der Waals surface area contributed by atoms with Crippen molar-refractivity contribution in [2.75, 3.05) is 6.61 Å². The second-order valence-corrected chi connectivity index (χ2v) is 8.72. The second-order valence-electron chi connectivity index (χ2n) is 7.25. The fraction of sp³-hybridized carbons (Fsp3) is 0.667. The zero-order chi connectivity index (χ0) is 15.5. The maximum Gasteiger partial charge on any atom is 0.120 e. The number of benzene rings is 1. The molecule has 1 aliphatic rings. The molecule has 0 N–H and O–H groups in total. The minimum absolute atomic E-state index is 0.315. The Hall–Kier alpha value is -0.210. The van der Waals surface area contributed by atoms with Crippen molar-refractivity contribution in [2.45, 2.75) is 51.8 Å². The smallest absolute Gasteiger partial charge is 0.120 e. The lowest BCUT2D eigenvalue weighted by Gasteiger charge is -2.40. The summed E-state index contributed by atoms with van der Waals surface area (Å²) < 4.78 is 6.93. The van der Waals surface area contributed by atoms with Crippen LogP contribution in [0.2, 0.25) is 0 Å². The van der Waals surface area contributed by atoms with Gasteiger partial charge in [-0.1, -0.05) is 42.8 Å². The first-order valence-electron chi connectivity index (χ1n) is 7.88. The average molecular weight is 374 g/mol. The molecule has 1 aromatic carbocycles. The van der Waals surface area contributed by atoms with E-state index in [2.05, 4.69) is 36.7 Å². The number of alkyl halides is 1. The Kier molecular flexibility index (Phi) is 6.02. The van der Waals surface area contributed by atoms with Crippen molar-refractivity contribution in [1.29, 1.82) is 0 Å². The number of hydrogen-bond donors (Lipinski definition) is 0. The quantitative estimate of drug-likeness (QED) is 0.564. The van der Waals surface area contributed by atoms with E-state index in [-0.39, 0.29) is 0 Å². The van der Waals surface area contributed by atoms with Crippen molar-refractivity contribution < 1.29 is 4.74 Å². The van der Waals surface area contributed by atoms with Gasteiger partial charge in [0.2, 0.25) is 0 Å². The Labute approximate surface area is 142 Å². The molecule has 2 rings (SSSR count). The van der Waals surface area contributed by atoms with Crippen LogP contribution >= 0.6 is 27.5 Å². The van der Waals surface area contributed by atoms with Gasteiger partial charge in [0, 0.05) is 9.85 Å². The summed E-state index contributed by atoms with van der Waals surface area (Å²) in [5.74, 6) is 2.29. The fourth-order valence-corrected chi connectivity index (χ4v) is 3.93. The summed E-state index contributed by atoms with van der Waals surface area (Å²) >= 11 is 10.0. The molecule has 0 radical (unpaired) electrons. The molecule has 0 aromatic heterocycles. The van der Waals surface area contributed by atoms with Crippen molar-refractivity contribution in [1.82, 2.24) is 0 Å². The van der Waals surface area contributed by atoms with Gasteiger partial charge in [-0.25, -0.2) is 0 Å². The third kappa shape index (κ3) is 5.17. The highest BCUT2D eigenvalue weighted by atomic mass is 79.9. The van der Waals surface area contributed by atoms with E-state index in [1.807, 2.05) is 24.3 Å². The molecule has 1 aliphatic carbocycles. The van der Waals surface area contributed by atoms with Gasteiger partial charge < -0.3 is 4.74 Å². The minimum Gasteiger partial charge on any atom is -0.494 e. The predicted octanol–water partition coefficient (Wildman–Crippen LogP) is 6.29. The molecule has 3 atom stereocenters. The molecule has 21 heavy (non-hydrogen) atoms. The summed E-state index contributed by atoms with van der Waals surface area (Å²) in [6.07, 6.45) is 4.69. The van der Waals surface area contributed by atoms with E-state index in [0.717, 1.165) is 35.6 Å².